The van der Waals surface area contributed by atoms with E-state index in [1.54, 1.807) is 37.8 Å². The predicted molar refractivity (Wildman–Crippen MR) is 119 cm³/mol. The van der Waals surface area contributed by atoms with Gasteiger partial charge in [0.15, 0.2) is 10.8 Å². The first kappa shape index (κ1) is 27.2. The summed E-state index contributed by atoms with van der Waals surface area (Å²) in [6.45, 7) is 3.56. The summed E-state index contributed by atoms with van der Waals surface area (Å²) < 4.78 is 4.83. The molecule has 0 saturated heterocycles. The van der Waals surface area contributed by atoms with E-state index in [4.69, 9.17) is 4.74 Å². The Morgan fingerprint density at radius 2 is 1.38 bits per heavy atom. The minimum Gasteiger partial charge on any atom is -0.461 e. The van der Waals surface area contributed by atoms with E-state index in [1.807, 2.05) is 18.2 Å². The molecule has 12 heteroatoms. The van der Waals surface area contributed by atoms with E-state index in [-0.39, 0.29) is 37.1 Å². The predicted octanol–water partition coefficient (Wildman–Crippen LogP) is 1.03. The first-order chi connectivity index (χ1) is 14.6. The van der Waals surface area contributed by atoms with Crippen LogP contribution >= 0.6 is 22.7 Å². The molecule has 4 aromatic rings. The fourth-order valence-corrected chi connectivity index (χ4v) is 3.53. The van der Waals surface area contributed by atoms with E-state index in [2.05, 4.69) is 30.4 Å². The van der Waals surface area contributed by atoms with Crippen LogP contribution in [-0.4, -0.2) is 48.7 Å². The molecule has 0 saturated carbocycles. The number of carbonyl (C=O) groups is 2. The van der Waals surface area contributed by atoms with Crippen LogP contribution in [0, 0.1) is 7.43 Å². The van der Waals surface area contributed by atoms with Gasteiger partial charge in [0, 0.05) is 42.8 Å². The maximum absolute atomic E-state index is 11.4. The maximum Gasteiger partial charge on any atom is 1.00 e. The number of aromatic nitrogens is 6. The molecule has 32 heavy (non-hydrogen) atoms. The van der Waals surface area contributed by atoms with Gasteiger partial charge < -0.3 is 12.2 Å². The number of carbonyl (C=O) groups excluding carboxylic acids is 2. The van der Waals surface area contributed by atoms with Crippen molar-refractivity contribution < 1.29 is 33.2 Å². The number of Topliss-reactive ketones (excluding diaryl/α,β-unsaturated/α-hetero) is 1. The van der Waals surface area contributed by atoms with Gasteiger partial charge in [0.2, 0.25) is 5.01 Å². The van der Waals surface area contributed by atoms with E-state index >= 15 is 0 Å². The zero-order chi connectivity index (χ0) is 21.3. The third-order valence-corrected chi connectivity index (χ3v) is 5.44. The second-order valence-electron chi connectivity index (χ2n) is 5.58. The summed E-state index contributed by atoms with van der Waals surface area (Å²) in [5, 5.41) is 17.5. The molecule has 0 aliphatic carbocycles. The summed E-state index contributed by atoms with van der Waals surface area (Å²) in [7, 11) is 0. The van der Waals surface area contributed by atoms with Crippen molar-refractivity contribution in [2.75, 3.05) is 6.61 Å². The summed E-state index contributed by atoms with van der Waals surface area (Å²) in [5.41, 5.74) is 1.73. The molecule has 0 aliphatic rings. The Kier molecular flexibility index (Phi) is 11.5. The second-order valence-corrected chi connectivity index (χ2v) is 7.54. The Balaban J connectivity index is 0.000000303. The normalized spacial score (nSPS) is 9.44. The summed E-state index contributed by atoms with van der Waals surface area (Å²) in [5.74, 6) is -0.493. The number of nitrogens with zero attached hydrogens (tertiary/aromatic N) is 6. The molecule has 0 bridgehead atoms. The van der Waals surface area contributed by atoms with E-state index in [9.17, 15) is 9.59 Å². The van der Waals surface area contributed by atoms with Gasteiger partial charge >= 0.3 is 24.8 Å². The molecule has 0 unspecified atom stereocenters. The molecule has 160 valence electrons. The summed E-state index contributed by atoms with van der Waals surface area (Å²) in [4.78, 5) is 30.3. The monoisotopic (exact) mass is 462 g/mol. The Morgan fingerprint density at radius 3 is 1.78 bits per heavy atom. The van der Waals surface area contributed by atoms with E-state index in [0.717, 1.165) is 16.1 Å². The average molecular weight is 462 g/mol. The molecular formula is C20H19LiN6O3S2. The molecule has 9 nitrogen and oxygen atoms in total. The zero-order valence-corrected chi connectivity index (χ0v) is 19.7. The van der Waals surface area contributed by atoms with Crippen molar-refractivity contribution in [2.24, 2.45) is 0 Å². The van der Waals surface area contributed by atoms with E-state index in [0.29, 0.717) is 16.6 Å². The average Bonchev–Trinajstić information content (AvgIpc) is 3.46. The maximum atomic E-state index is 11.4. The van der Waals surface area contributed by atoms with Crippen LogP contribution in [-0.2, 0) is 4.74 Å². The first-order valence-electron chi connectivity index (χ1n) is 8.74. The van der Waals surface area contributed by atoms with Crippen molar-refractivity contribution in [1.82, 2.24) is 30.4 Å². The van der Waals surface area contributed by atoms with Crippen LogP contribution in [0.3, 0.4) is 0 Å². The number of rotatable bonds is 5. The van der Waals surface area contributed by atoms with Gasteiger partial charge in [0.1, 0.15) is 10.0 Å². The summed E-state index contributed by atoms with van der Waals surface area (Å²) >= 11 is 2.48. The largest absolute Gasteiger partial charge is 1.00 e. The molecule has 4 rings (SSSR count). The van der Waals surface area contributed by atoms with Crippen LogP contribution in [0.2, 0.25) is 0 Å². The Hall–Kier alpha value is -2.84. The van der Waals surface area contributed by atoms with Crippen LogP contribution in [0.15, 0.2) is 49.1 Å². The fourth-order valence-electron chi connectivity index (χ4n) is 2.08. The number of ketones is 1. The second kappa shape index (κ2) is 13.5. The zero-order valence-electron chi connectivity index (χ0n) is 18.1. The van der Waals surface area contributed by atoms with Crippen molar-refractivity contribution in [3.8, 4) is 21.1 Å². The van der Waals surface area contributed by atoms with Gasteiger partial charge in [-0.25, -0.2) is 4.79 Å². The number of ether oxygens (including phenoxy) is 1. The minimum atomic E-state index is -0.435. The molecule has 0 aliphatic heterocycles. The van der Waals surface area contributed by atoms with Crippen molar-refractivity contribution in [2.45, 2.75) is 13.8 Å². The smallest absolute Gasteiger partial charge is 0.461 e. The molecule has 0 amide bonds. The van der Waals surface area contributed by atoms with Crippen LogP contribution in [0.4, 0.5) is 0 Å². The molecule has 0 radical (unpaired) electrons. The van der Waals surface area contributed by atoms with Crippen molar-refractivity contribution in [1.29, 1.82) is 0 Å². The van der Waals surface area contributed by atoms with E-state index in [1.165, 1.54) is 29.6 Å². The SMILES string of the molecule is CC(=O)c1nnc(-c2cccnc2)s1.CCOC(=O)c1nnc(-c2cccnc2)s1.[CH3-].[Li+]. The molecule has 0 spiro atoms. The Labute approximate surface area is 205 Å². The molecule has 0 atom stereocenters. The van der Waals surface area contributed by atoms with Gasteiger partial charge in [-0.1, -0.05) is 22.7 Å². The number of hydrogen-bond acceptors (Lipinski definition) is 11. The van der Waals surface area contributed by atoms with Gasteiger partial charge in [-0.05, 0) is 31.2 Å². The molecule has 4 heterocycles. The van der Waals surface area contributed by atoms with Crippen LogP contribution in [0.25, 0.3) is 21.1 Å². The third kappa shape index (κ3) is 7.39. The topological polar surface area (TPSA) is 121 Å². The van der Waals surface area contributed by atoms with Gasteiger partial charge in [0.05, 0.1) is 6.61 Å². The Bertz CT molecular complexity index is 1120. The van der Waals surface area contributed by atoms with Crippen LogP contribution in [0.5, 0.6) is 0 Å². The standard InChI is InChI=1S/C10H9N3O2S.C9H7N3OS.CH3.Li/c1-2-15-10(14)9-13-12-8(16-9)7-4-3-5-11-6-7;1-6(13)8-11-12-9(14-8)7-3-2-4-10-5-7;;/h3-6H,2H2,1H3;2-5H,1H3;1H3;/q;;-1;+1. The summed E-state index contributed by atoms with van der Waals surface area (Å²) in [6.07, 6.45) is 6.74. The van der Waals surface area contributed by atoms with Crippen LogP contribution in [0.1, 0.15) is 33.5 Å². The summed E-state index contributed by atoms with van der Waals surface area (Å²) in [6, 6.07) is 7.38. The number of hydrogen-bond donors (Lipinski definition) is 0. The van der Waals surface area contributed by atoms with Gasteiger partial charge in [-0.2, -0.15) is 0 Å². The first-order valence-corrected chi connectivity index (χ1v) is 10.4. The number of pyridine rings is 2. The van der Waals surface area contributed by atoms with Gasteiger partial charge in [-0.3, -0.25) is 14.8 Å². The van der Waals surface area contributed by atoms with Gasteiger partial charge in [0.25, 0.3) is 0 Å². The van der Waals surface area contributed by atoms with Crippen molar-refractivity contribution in [3.63, 3.8) is 0 Å². The van der Waals surface area contributed by atoms with Crippen LogP contribution < -0.4 is 18.9 Å². The van der Waals surface area contributed by atoms with Crippen molar-refractivity contribution >= 4 is 34.4 Å². The van der Waals surface area contributed by atoms with Gasteiger partial charge in [-0.15, -0.1) is 20.4 Å². The number of esters is 1. The molecule has 4 aromatic heterocycles. The quantitative estimate of drug-likeness (QED) is 0.185. The molecular weight excluding hydrogens is 443 g/mol. The fraction of sp³-hybridized carbons (Fsp3) is 0.150. The molecule has 0 fully saturated rings. The third-order valence-electron chi connectivity index (χ3n) is 3.42. The molecule has 0 aromatic carbocycles. The Morgan fingerprint density at radius 1 is 0.875 bits per heavy atom. The van der Waals surface area contributed by atoms with Crippen molar-refractivity contribution in [3.05, 3.63) is 66.5 Å². The van der Waals surface area contributed by atoms with E-state index < -0.39 is 5.97 Å². The minimum absolute atomic E-state index is 0. The molecule has 0 N–H and O–H groups in total.